The van der Waals surface area contributed by atoms with E-state index in [0.29, 0.717) is 47.5 Å². The molecule has 0 unspecified atom stereocenters. The lowest BCUT2D eigenvalue weighted by atomic mass is 9.97. The van der Waals surface area contributed by atoms with Crippen molar-refractivity contribution >= 4 is 11.6 Å². The molecule has 164 valence electrons. The predicted molar refractivity (Wildman–Crippen MR) is 114 cm³/mol. The molecule has 32 heavy (non-hydrogen) atoms. The van der Waals surface area contributed by atoms with E-state index in [1.54, 1.807) is 42.2 Å². The average molecular weight is 435 g/mol. The number of nitro benzene ring substituents is 1. The number of benzene rings is 2. The third-order valence-corrected chi connectivity index (χ3v) is 5.92. The first kappa shape index (κ1) is 20.0. The molecular formula is C23H21N3O6. The van der Waals surface area contributed by atoms with Gasteiger partial charge in [-0.15, -0.1) is 0 Å². The molecule has 1 aromatic heterocycles. The van der Waals surface area contributed by atoms with Crippen molar-refractivity contribution in [1.29, 1.82) is 0 Å². The largest absolute Gasteiger partial charge is 0.454 e. The molecule has 3 aromatic rings. The highest BCUT2D eigenvalue weighted by molar-refractivity contribution is 5.82. The molecule has 9 nitrogen and oxygen atoms in total. The number of amides is 1. The topological polar surface area (TPSA) is 108 Å². The van der Waals surface area contributed by atoms with E-state index in [9.17, 15) is 14.9 Å². The van der Waals surface area contributed by atoms with Crippen molar-refractivity contribution in [1.82, 2.24) is 9.88 Å². The van der Waals surface area contributed by atoms with Gasteiger partial charge in [-0.3, -0.25) is 14.9 Å². The van der Waals surface area contributed by atoms with Crippen LogP contribution in [-0.4, -0.2) is 40.6 Å². The lowest BCUT2D eigenvalue weighted by molar-refractivity contribution is -0.384. The molecule has 0 atom stereocenters. The standard InChI is InChI=1S/C23H21N3O6/c1-14(27)25-10-8-15(9-11-25)23-24-21(16-6-7-19-20(12-16)31-13-30-19)22(32-23)17-4-2-3-5-18(17)26(28)29/h2-7,12,15H,8-11,13H2,1H3. The van der Waals surface area contributed by atoms with Gasteiger partial charge in [0.2, 0.25) is 12.7 Å². The molecule has 0 spiro atoms. The molecule has 1 fully saturated rings. The third kappa shape index (κ3) is 3.55. The van der Waals surface area contributed by atoms with Crippen molar-refractivity contribution in [2.75, 3.05) is 19.9 Å². The van der Waals surface area contributed by atoms with Gasteiger partial charge >= 0.3 is 0 Å². The molecule has 5 rings (SSSR count). The number of ether oxygens (including phenoxy) is 2. The molecular weight excluding hydrogens is 414 g/mol. The number of fused-ring (bicyclic) bond motifs is 1. The van der Waals surface area contributed by atoms with Crippen LogP contribution in [0.5, 0.6) is 11.5 Å². The molecule has 0 aliphatic carbocycles. The summed E-state index contributed by atoms with van der Waals surface area (Å²) in [7, 11) is 0. The Bertz CT molecular complexity index is 1200. The molecule has 2 aromatic carbocycles. The van der Waals surface area contributed by atoms with Crippen LogP contribution in [0.25, 0.3) is 22.6 Å². The van der Waals surface area contributed by atoms with Gasteiger partial charge in [0.1, 0.15) is 5.69 Å². The second-order valence-corrected chi connectivity index (χ2v) is 7.85. The Labute approximate surface area is 183 Å². The van der Waals surface area contributed by atoms with Gasteiger partial charge in [-0.25, -0.2) is 4.98 Å². The summed E-state index contributed by atoms with van der Waals surface area (Å²) in [6, 6.07) is 11.9. The summed E-state index contributed by atoms with van der Waals surface area (Å²) in [4.78, 5) is 29.5. The maximum absolute atomic E-state index is 11.7. The van der Waals surface area contributed by atoms with Crippen LogP contribution in [0, 0.1) is 10.1 Å². The molecule has 0 radical (unpaired) electrons. The van der Waals surface area contributed by atoms with E-state index in [0.717, 1.165) is 18.4 Å². The Morgan fingerprint density at radius 2 is 1.88 bits per heavy atom. The summed E-state index contributed by atoms with van der Waals surface area (Å²) in [5.41, 5.74) is 1.55. The van der Waals surface area contributed by atoms with Gasteiger partial charge < -0.3 is 18.8 Å². The summed E-state index contributed by atoms with van der Waals surface area (Å²) in [5.74, 6) is 2.18. The number of aromatic nitrogens is 1. The normalized spacial score (nSPS) is 15.7. The summed E-state index contributed by atoms with van der Waals surface area (Å²) in [6.07, 6.45) is 1.44. The molecule has 0 saturated carbocycles. The van der Waals surface area contributed by atoms with Crippen molar-refractivity contribution in [3.05, 3.63) is 58.5 Å². The average Bonchev–Trinajstić information content (AvgIpc) is 3.46. The minimum absolute atomic E-state index is 0.0230. The van der Waals surface area contributed by atoms with E-state index < -0.39 is 4.92 Å². The van der Waals surface area contributed by atoms with Crippen LogP contribution in [0.2, 0.25) is 0 Å². The van der Waals surface area contributed by atoms with E-state index >= 15 is 0 Å². The number of rotatable bonds is 4. The zero-order valence-corrected chi connectivity index (χ0v) is 17.4. The van der Waals surface area contributed by atoms with Gasteiger partial charge in [0.05, 0.1) is 10.5 Å². The van der Waals surface area contributed by atoms with Crippen molar-refractivity contribution in [3.63, 3.8) is 0 Å². The molecule has 2 aliphatic heterocycles. The van der Waals surface area contributed by atoms with E-state index in [2.05, 4.69) is 0 Å². The van der Waals surface area contributed by atoms with Crippen molar-refractivity contribution in [2.45, 2.75) is 25.7 Å². The van der Waals surface area contributed by atoms with Crippen LogP contribution in [-0.2, 0) is 4.79 Å². The zero-order chi connectivity index (χ0) is 22.2. The monoisotopic (exact) mass is 435 g/mol. The van der Waals surface area contributed by atoms with Gasteiger partial charge in [-0.2, -0.15) is 0 Å². The second kappa shape index (κ2) is 7.99. The number of nitrogens with zero attached hydrogens (tertiary/aromatic N) is 3. The number of carbonyl (C=O) groups is 1. The minimum atomic E-state index is -0.424. The first-order valence-electron chi connectivity index (χ1n) is 10.4. The van der Waals surface area contributed by atoms with Gasteiger partial charge in [-0.1, -0.05) is 12.1 Å². The van der Waals surface area contributed by atoms with Crippen LogP contribution in [0.4, 0.5) is 5.69 Å². The summed E-state index contributed by atoms with van der Waals surface area (Å²) < 4.78 is 17.1. The van der Waals surface area contributed by atoms with Crippen LogP contribution in [0.3, 0.4) is 0 Å². The van der Waals surface area contributed by atoms with E-state index in [1.165, 1.54) is 6.07 Å². The zero-order valence-electron chi connectivity index (χ0n) is 17.4. The molecule has 0 N–H and O–H groups in total. The van der Waals surface area contributed by atoms with Crippen LogP contribution in [0.1, 0.15) is 31.6 Å². The smallest absolute Gasteiger partial charge is 0.280 e. The Kier molecular flexibility index (Phi) is 5.01. The van der Waals surface area contributed by atoms with E-state index in [-0.39, 0.29) is 24.3 Å². The molecule has 1 amide bonds. The lowest BCUT2D eigenvalue weighted by Crippen LogP contribution is -2.36. The van der Waals surface area contributed by atoms with Crippen molar-refractivity contribution in [2.24, 2.45) is 0 Å². The summed E-state index contributed by atoms with van der Waals surface area (Å²) in [6.45, 7) is 2.97. The quantitative estimate of drug-likeness (QED) is 0.442. The second-order valence-electron chi connectivity index (χ2n) is 7.85. The van der Waals surface area contributed by atoms with E-state index in [4.69, 9.17) is 18.9 Å². The number of piperidine rings is 1. The first-order valence-corrected chi connectivity index (χ1v) is 10.4. The Balaban J connectivity index is 1.59. The summed E-state index contributed by atoms with van der Waals surface area (Å²) >= 11 is 0. The highest BCUT2D eigenvalue weighted by Crippen LogP contribution is 2.43. The number of nitro groups is 1. The summed E-state index contributed by atoms with van der Waals surface area (Å²) in [5, 5.41) is 11.7. The highest BCUT2D eigenvalue weighted by atomic mass is 16.7. The number of hydrogen-bond donors (Lipinski definition) is 0. The SMILES string of the molecule is CC(=O)N1CCC(c2nc(-c3ccc4c(c3)OCO4)c(-c3ccccc3[N+](=O)[O-])o2)CC1. The van der Waals surface area contributed by atoms with E-state index in [1.807, 2.05) is 6.07 Å². The van der Waals surface area contributed by atoms with Crippen LogP contribution < -0.4 is 9.47 Å². The highest BCUT2D eigenvalue weighted by Gasteiger charge is 2.30. The molecule has 2 aliphatic rings. The van der Waals surface area contributed by atoms with Crippen LogP contribution in [0.15, 0.2) is 46.9 Å². The minimum Gasteiger partial charge on any atom is -0.454 e. The van der Waals surface area contributed by atoms with Gasteiger partial charge in [0, 0.05) is 37.6 Å². The fourth-order valence-electron chi connectivity index (χ4n) is 4.20. The molecule has 9 heteroatoms. The van der Waals surface area contributed by atoms with Gasteiger partial charge in [0.15, 0.2) is 23.1 Å². The van der Waals surface area contributed by atoms with Crippen molar-refractivity contribution < 1.29 is 23.6 Å². The fourth-order valence-corrected chi connectivity index (χ4v) is 4.20. The lowest BCUT2D eigenvalue weighted by Gasteiger charge is -2.29. The molecule has 3 heterocycles. The fraction of sp³-hybridized carbons (Fsp3) is 0.304. The first-order chi connectivity index (χ1) is 15.5. The molecule has 1 saturated heterocycles. The third-order valence-electron chi connectivity index (χ3n) is 5.92. The number of oxazole rings is 1. The molecule has 0 bridgehead atoms. The number of para-hydroxylation sites is 1. The number of hydrogen-bond acceptors (Lipinski definition) is 7. The van der Waals surface area contributed by atoms with Crippen molar-refractivity contribution in [3.8, 4) is 34.1 Å². The number of carbonyl (C=O) groups excluding carboxylic acids is 1. The van der Waals surface area contributed by atoms with Gasteiger partial charge in [0.25, 0.3) is 5.69 Å². The maximum Gasteiger partial charge on any atom is 0.280 e. The van der Waals surface area contributed by atoms with Gasteiger partial charge in [-0.05, 0) is 37.1 Å². The number of likely N-dealkylation sites (tertiary alicyclic amines) is 1. The maximum atomic E-state index is 11.7. The Hall–Kier alpha value is -3.88. The van der Waals surface area contributed by atoms with Crippen LogP contribution >= 0.6 is 0 Å². The Morgan fingerprint density at radius 3 is 2.62 bits per heavy atom. The Morgan fingerprint density at radius 1 is 1.12 bits per heavy atom. The predicted octanol–water partition coefficient (Wildman–Crippen LogP) is 4.37.